The van der Waals surface area contributed by atoms with Gasteiger partial charge in [0.2, 0.25) is 0 Å². The fourth-order valence-corrected chi connectivity index (χ4v) is 3.62. The van der Waals surface area contributed by atoms with Gasteiger partial charge in [-0.25, -0.2) is 0 Å². The van der Waals surface area contributed by atoms with Crippen molar-refractivity contribution in [2.24, 2.45) is 0 Å². The van der Waals surface area contributed by atoms with Crippen molar-refractivity contribution in [2.45, 2.75) is 18.9 Å². The molecule has 6 heteroatoms. The fourth-order valence-electron chi connectivity index (χ4n) is 3.46. The smallest absolute Gasteiger partial charge is 0.254 e. The third-order valence-corrected chi connectivity index (χ3v) is 5.37. The van der Waals surface area contributed by atoms with Crippen molar-refractivity contribution >= 4 is 28.2 Å². The first-order valence-electron chi connectivity index (χ1n) is 8.75. The van der Waals surface area contributed by atoms with Gasteiger partial charge in [-0.1, -0.05) is 0 Å². The average molecular weight is 351 g/mol. The molecule has 0 atom stereocenters. The van der Waals surface area contributed by atoms with Crippen LogP contribution in [-0.4, -0.2) is 74.4 Å². The Hall–Kier alpha value is -1.30. The Balaban J connectivity index is 1.77. The van der Waals surface area contributed by atoms with Crippen LogP contribution < -0.4 is 10.2 Å². The maximum absolute atomic E-state index is 11.8. The predicted octanol–water partition coefficient (Wildman–Crippen LogP) is 2.32. The third kappa shape index (κ3) is 4.21. The molecule has 0 unspecified atom stereocenters. The molecule has 3 rings (SSSR count). The molecule has 24 heavy (non-hydrogen) atoms. The molecule has 2 heterocycles. The first kappa shape index (κ1) is 17.5. The summed E-state index contributed by atoms with van der Waals surface area (Å²) in [5.74, 6) is 0. The van der Waals surface area contributed by atoms with Crippen molar-refractivity contribution in [3.05, 3.63) is 23.8 Å². The van der Waals surface area contributed by atoms with Crippen LogP contribution in [0.15, 0.2) is 18.2 Å². The third-order valence-electron chi connectivity index (χ3n) is 5.16. The van der Waals surface area contributed by atoms with Gasteiger partial charge < -0.3 is 20.0 Å². The summed E-state index contributed by atoms with van der Waals surface area (Å²) in [5.41, 5.74) is 2.62. The molecule has 0 spiro atoms. The van der Waals surface area contributed by atoms with Crippen LogP contribution in [0, 0.1) is 0 Å². The number of rotatable bonds is 4. The van der Waals surface area contributed by atoms with Crippen molar-refractivity contribution in [3.63, 3.8) is 0 Å². The normalized spacial score (nSPS) is 21.0. The standard InChI is InChI=1S/C18H27ClN4O/c1-21-7-5-14(6-8-21)20-17-13-15(3-4-16(17)18(19)24)23-11-9-22(2)10-12-23/h3-4,13-14,20H,5-12H2,1-2H3. The van der Waals surface area contributed by atoms with Crippen LogP contribution in [0.25, 0.3) is 0 Å². The van der Waals surface area contributed by atoms with Crippen LogP contribution in [0.3, 0.4) is 0 Å². The number of likely N-dealkylation sites (N-methyl/N-ethyl adjacent to an activating group) is 1. The van der Waals surface area contributed by atoms with Gasteiger partial charge in [0.1, 0.15) is 0 Å². The molecule has 0 saturated carbocycles. The summed E-state index contributed by atoms with van der Waals surface area (Å²) >= 11 is 5.80. The van der Waals surface area contributed by atoms with E-state index >= 15 is 0 Å². The molecule has 0 bridgehead atoms. The van der Waals surface area contributed by atoms with E-state index in [1.54, 1.807) is 0 Å². The number of hydrogen-bond donors (Lipinski definition) is 1. The summed E-state index contributed by atoms with van der Waals surface area (Å²) in [5, 5.41) is 3.18. The molecule has 132 valence electrons. The van der Waals surface area contributed by atoms with E-state index in [4.69, 9.17) is 11.6 Å². The number of nitrogens with zero attached hydrogens (tertiary/aromatic N) is 3. The first-order chi connectivity index (χ1) is 11.5. The molecule has 0 radical (unpaired) electrons. The molecule has 0 aromatic heterocycles. The molecule has 1 aromatic carbocycles. The number of anilines is 2. The Morgan fingerprint density at radius 2 is 1.67 bits per heavy atom. The Bertz CT molecular complexity index is 578. The number of piperidine rings is 1. The van der Waals surface area contributed by atoms with Crippen LogP contribution in [0.1, 0.15) is 23.2 Å². The zero-order valence-electron chi connectivity index (χ0n) is 14.6. The van der Waals surface area contributed by atoms with E-state index in [-0.39, 0.29) is 0 Å². The maximum atomic E-state index is 11.8. The molecular weight excluding hydrogens is 324 g/mol. The highest BCUT2D eigenvalue weighted by molar-refractivity contribution is 6.68. The minimum absolute atomic E-state index is 0.393. The van der Waals surface area contributed by atoms with E-state index in [1.807, 2.05) is 12.1 Å². The van der Waals surface area contributed by atoms with Crippen LogP contribution in [0.4, 0.5) is 11.4 Å². The van der Waals surface area contributed by atoms with Gasteiger partial charge in [-0.3, -0.25) is 4.79 Å². The predicted molar refractivity (Wildman–Crippen MR) is 100 cm³/mol. The van der Waals surface area contributed by atoms with Crippen molar-refractivity contribution < 1.29 is 4.79 Å². The van der Waals surface area contributed by atoms with Crippen LogP contribution in [-0.2, 0) is 0 Å². The number of halogens is 1. The van der Waals surface area contributed by atoms with E-state index in [1.165, 1.54) is 5.69 Å². The largest absolute Gasteiger partial charge is 0.382 e. The highest BCUT2D eigenvalue weighted by Crippen LogP contribution is 2.28. The molecule has 1 aromatic rings. The van der Waals surface area contributed by atoms with Crippen molar-refractivity contribution in [2.75, 3.05) is 63.6 Å². The van der Waals surface area contributed by atoms with E-state index in [9.17, 15) is 4.79 Å². The molecule has 2 aliphatic rings. The number of carbonyl (C=O) groups is 1. The summed E-state index contributed by atoms with van der Waals surface area (Å²) in [6, 6.07) is 6.37. The van der Waals surface area contributed by atoms with Gasteiger partial charge in [0.15, 0.2) is 0 Å². The molecule has 5 nitrogen and oxygen atoms in total. The molecule has 2 fully saturated rings. The lowest BCUT2D eigenvalue weighted by molar-refractivity contribution is 0.108. The Kier molecular flexibility index (Phi) is 5.64. The number of nitrogens with one attached hydrogen (secondary N) is 1. The molecule has 2 aliphatic heterocycles. The highest BCUT2D eigenvalue weighted by atomic mass is 35.5. The lowest BCUT2D eigenvalue weighted by atomic mass is 10.0. The van der Waals surface area contributed by atoms with Gasteiger partial charge in [0.25, 0.3) is 5.24 Å². The maximum Gasteiger partial charge on any atom is 0.254 e. The van der Waals surface area contributed by atoms with Gasteiger partial charge in [-0.05, 0) is 69.8 Å². The van der Waals surface area contributed by atoms with Crippen molar-refractivity contribution in [3.8, 4) is 0 Å². The minimum atomic E-state index is -0.393. The monoisotopic (exact) mass is 350 g/mol. The van der Waals surface area contributed by atoms with Crippen molar-refractivity contribution in [1.82, 2.24) is 9.80 Å². The Morgan fingerprint density at radius 3 is 2.29 bits per heavy atom. The van der Waals surface area contributed by atoms with Gasteiger partial charge in [-0.2, -0.15) is 0 Å². The first-order valence-corrected chi connectivity index (χ1v) is 9.13. The molecular formula is C18H27ClN4O. The number of benzene rings is 1. The molecule has 0 amide bonds. The minimum Gasteiger partial charge on any atom is -0.382 e. The summed E-state index contributed by atoms with van der Waals surface area (Å²) in [6.45, 7) is 6.32. The summed E-state index contributed by atoms with van der Waals surface area (Å²) in [6.07, 6.45) is 2.18. The zero-order valence-corrected chi connectivity index (χ0v) is 15.4. The van der Waals surface area contributed by atoms with Crippen LogP contribution in [0.2, 0.25) is 0 Å². The van der Waals surface area contributed by atoms with Crippen LogP contribution in [0.5, 0.6) is 0 Å². The Labute approximate surface area is 149 Å². The van der Waals surface area contributed by atoms with E-state index < -0.39 is 5.24 Å². The molecule has 0 aliphatic carbocycles. The van der Waals surface area contributed by atoms with E-state index in [0.717, 1.165) is 57.8 Å². The SMILES string of the molecule is CN1CCC(Nc2cc(N3CCN(C)CC3)ccc2C(=O)Cl)CC1. The molecule has 1 N–H and O–H groups in total. The van der Waals surface area contributed by atoms with Crippen LogP contribution >= 0.6 is 11.6 Å². The van der Waals surface area contributed by atoms with Gasteiger partial charge >= 0.3 is 0 Å². The fraction of sp³-hybridized carbons (Fsp3) is 0.611. The molecule has 2 saturated heterocycles. The van der Waals surface area contributed by atoms with Crippen molar-refractivity contribution in [1.29, 1.82) is 0 Å². The second-order valence-corrected chi connectivity index (χ2v) is 7.36. The van der Waals surface area contributed by atoms with E-state index in [2.05, 4.69) is 40.2 Å². The van der Waals surface area contributed by atoms with Gasteiger partial charge in [-0.15, -0.1) is 0 Å². The lowest BCUT2D eigenvalue weighted by Gasteiger charge is -2.35. The number of carbonyl (C=O) groups excluding carboxylic acids is 1. The number of likely N-dealkylation sites (tertiary alicyclic amines) is 1. The summed E-state index contributed by atoms with van der Waals surface area (Å²) in [7, 11) is 4.30. The van der Waals surface area contributed by atoms with Gasteiger partial charge in [0.05, 0.1) is 5.56 Å². The quantitative estimate of drug-likeness (QED) is 0.844. The second-order valence-electron chi connectivity index (χ2n) is 7.02. The van der Waals surface area contributed by atoms with Gasteiger partial charge in [0, 0.05) is 43.6 Å². The summed E-state index contributed by atoms with van der Waals surface area (Å²) in [4.78, 5) is 18.8. The number of piperazine rings is 1. The van der Waals surface area contributed by atoms with E-state index in [0.29, 0.717) is 11.6 Å². The topological polar surface area (TPSA) is 38.8 Å². The summed E-state index contributed by atoms with van der Waals surface area (Å²) < 4.78 is 0. The average Bonchev–Trinajstić information content (AvgIpc) is 2.57. The zero-order chi connectivity index (χ0) is 17.1. The second kappa shape index (κ2) is 7.72. The Morgan fingerprint density at radius 1 is 1.04 bits per heavy atom. The number of hydrogen-bond acceptors (Lipinski definition) is 5. The lowest BCUT2D eigenvalue weighted by Crippen LogP contribution is -2.44. The highest BCUT2D eigenvalue weighted by Gasteiger charge is 2.21.